The first kappa shape index (κ1) is 51.9. The molecule has 0 aliphatic carbocycles. The third-order valence-corrected chi connectivity index (χ3v) is 14.7. The highest BCUT2D eigenvalue weighted by Gasteiger charge is 2.29. The molecule has 22 heteroatoms. The van der Waals surface area contributed by atoms with Crippen molar-refractivity contribution in [3.63, 3.8) is 0 Å². The quantitative estimate of drug-likeness (QED) is 0.121. The van der Waals surface area contributed by atoms with Crippen LogP contribution in [0.15, 0.2) is 110 Å². The SMILES string of the molecule is COC(=O)Nc1ccc(-c2nc(N3CCOCC3)c3cnn(C4CCN(Cc5cccnc5)CC4)c3n2)cc1.COC(=O)Nc1ccc(-c2nc(N3CCOCC3)c3cnn(C4CCN(Cc5cccnc5)CC4)c3n2)cc1. The van der Waals surface area contributed by atoms with E-state index in [1.165, 1.54) is 25.3 Å². The van der Waals surface area contributed by atoms with Gasteiger partial charge in [0.15, 0.2) is 22.9 Å². The highest BCUT2D eigenvalue weighted by molar-refractivity contribution is 5.91. The van der Waals surface area contributed by atoms with Crippen molar-refractivity contribution < 1.29 is 28.5 Å². The Labute approximate surface area is 451 Å². The molecule has 4 saturated heterocycles. The van der Waals surface area contributed by atoms with E-state index in [2.05, 4.69) is 61.7 Å². The number of anilines is 4. The summed E-state index contributed by atoms with van der Waals surface area (Å²) in [7, 11) is 2.68. The smallest absolute Gasteiger partial charge is 0.411 e. The molecule has 10 heterocycles. The summed E-state index contributed by atoms with van der Waals surface area (Å²) in [5.41, 5.74) is 7.18. The Morgan fingerprint density at radius 2 is 0.923 bits per heavy atom. The first-order chi connectivity index (χ1) is 38.3. The molecule has 0 radical (unpaired) electrons. The number of likely N-dealkylation sites (tertiary alicyclic amines) is 2. The van der Waals surface area contributed by atoms with E-state index >= 15 is 0 Å². The molecule has 8 aromatic rings. The molecule has 2 N–H and O–H groups in total. The predicted octanol–water partition coefficient (Wildman–Crippen LogP) is 7.48. The van der Waals surface area contributed by atoms with Gasteiger partial charge in [0, 0.05) is 113 Å². The minimum atomic E-state index is -0.509. The van der Waals surface area contributed by atoms with Gasteiger partial charge in [-0.2, -0.15) is 10.2 Å². The molecule has 2 aromatic carbocycles. The molecular weight excluding hydrogens is 993 g/mol. The molecule has 78 heavy (non-hydrogen) atoms. The first-order valence-electron chi connectivity index (χ1n) is 26.6. The van der Waals surface area contributed by atoms with Crippen LogP contribution in [0.2, 0.25) is 0 Å². The van der Waals surface area contributed by atoms with E-state index in [0.29, 0.717) is 49.5 Å². The highest BCUT2D eigenvalue weighted by Crippen LogP contribution is 2.35. The van der Waals surface area contributed by atoms with Crippen molar-refractivity contribution >= 4 is 57.3 Å². The zero-order valence-electron chi connectivity index (χ0n) is 44.0. The van der Waals surface area contributed by atoms with Gasteiger partial charge >= 0.3 is 12.2 Å². The summed E-state index contributed by atoms with van der Waals surface area (Å²) in [5.74, 6) is 3.03. The van der Waals surface area contributed by atoms with Gasteiger partial charge in [-0.25, -0.2) is 38.9 Å². The van der Waals surface area contributed by atoms with Crippen LogP contribution < -0.4 is 20.4 Å². The standard InChI is InChI=1S/2C28H32N8O3/c2*1-38-28(37)31-22-6-4-21(5-7-22)25-32-26(35-13-15-39-16-14-35)24-18-30-36(27(24)33-25)23-8-11-34(12-9-23)19-20-3-2-10-29-17-20/h2*2-7,10,17-18,23H,8-9,11-16,19H2,1H3,(H,31,37). The average molecular weight is 1060 g/mol. The largest absolute Gasteiger partial charge is 0.453 e. The fraction of sp³-hybridized carbons (Fsp3) is 0.393. The van der Waals surface area contributed by atoms with Crippen molar-refractivity contribution in [3.8, 4) is 22.8 Å². The van der Waals surface area contributed by atoms with Gasteiger partial charge < -0.3 is 28.7 Å². The van der Waals surface area contributed by atoms with Crippen LogP contribution in [-0.2, 0) is 32.0 Å². The van der Waals surface area contributed by atoms with Gasteiger partial charge in [0.1, 0.15) is 11.6 Å². The number of carbonyl (C=O) groups excluding carboxylic acids is 2. The molecule has 0 atom stereocenters. The lowest BCUT2D eigenvalue weighted by Crippen LogP contribution is -2.37. The predicted molar refractivity (Wildman–Crippen MR) is 295 cm³/mol. The lowest BCUT2D eigenvalue weighted by atomic mass is 10.0. The summed E-state index contributed by atoms with van der Waals surface area (Å²) in [6.45, 7) is 11.5. The van der Waals surface area contributed by atoms with Crippen molar-refractivity contribution in [3.05, 3.63) is 121 Å². The van der Waals surface area contributed by atoms with Gasteiger partial charge in [-0.05, 0) is 97.5 Å². The minimum absolute atomic E-state index is 0.263. The molecule has 0 saturated carbocycles. The number of nitrogens with one attached hydrogen (secondary N) is 2. The molecule has 12 rings (SSSR count). The van der Waals surface area contributed by atoms with Crippen LogP contribution in [0.4, 0.5) is 32.6 Å². The minimum Gasteiger partial charge on any atom is -0.453 e. The fourth-order valence-electron chi connectivity index (χ4n) is 10.5. The monoisotopic (exact) mass is 1060 g/mol. The maximum absolute atomic E-state index is 11.6. The maximum atomic E-state index is 11.6. The fourth-order valence-corrected chi connectivity index (χ4v) is 10.5. The van der Waals surface area contributed by atoms with Crippen molar-refractivity contribution in [1.29, 1.82) is 0 Å². The van der Waals surface area contributed by atoms with Crippen LogP contribution in [0.5, 0.6) is 0 Å². The first-order valence-corrected chi connectivity index (χ1v) is 26.6. The molecule has 2 amide bonds. The summed E-state index contributed by atoms with van der Waals surface area (Å²) in [6, 6.07) is 23.7. The Bertz CT molecular complexity index is 3040. The van der Waals surface area contributed by atoms with Gasteiger partial charge in [0.05, 0.1) is 75.9 Å². The number of rotatable bonds is 12. The third-order valence-electron chi connectivity index (χ3n) is 14.7. The highest BCUT2D eigenvalue weighted by atomic mass is 16.5. The summed E-state index contributed by atoms with van der Waals surface area (Å²) in [4.78, 5) is 61.2. The van der Waals surface area contributed by atoms with Crippen molar-refractivity contribution in [2.75, 3.05) is 113 Å². The number of fused-ring (bicyclic) bond motifs is 2. The Hall–Kier alpha value is -8.18. The number of methoxy groups -OCH3 is 2. The van der Waals surface area contributed by atoms with Crippen molar-refractivity contribution in [2.45, 2.75) is 50.9 Å². The third kappa shape index (κ3) is 12.2. The second kappa shape index (κ2) is 24.4. The number of hydrogen-bond acceptors (Lipinski definition) is 18. The molecule has 0 bridgehead atoms. The van der Waals surface area contributed by atoms with Crippen molar-refractivity contribution in [1.82, 2.24) is 59.3 Å². The van der Waals surface area contributed by atoms with Crippen LogP contribution in [-0.4, -0.2) is 164 Å². The number of carbonyl (C=O) groups is 2. The van der Waals surface area contributed by atoms with Crippen molar-refractivity contribution in [2.24, 2.45) is 0 Å². The molecule has 0 unspecified atom stereocenters. The maximum Gasteiger partial charge on any atom is 0.411 e. The van der Waals surface area contributed by atoms with Crippen LogP contribution >= 0.6 is 0 Å². The van der Waals surface area contributed by atoms with Gasteiger partial charge in [0.2, 0.25) is 0 Å². The van der Waals surface area contributed by atoms with Gasteiger partial charge in [0.25, 0.3) is 0 Å². The van der Waals surface area contributed by atoms with E-state index in [4.69, 9.17) is 49.1 Å². The summed E-state index contributed by atoms with van der Waals surface area (Å²) in [5, 5.41) is 17.0. The summed E-state index contributed by atoms with van der Waals surface area (Å²) < 4.78 is 24.8. The van der Waals surface area contributed by atoms with Crippen LogP contribution in [0, 0.1) is 0 Å². The van der Waals surface area contributed by atoms with Gasteiger partial charge in [-0.1, -0.05) is 12.1 Å². The Morgan fingerprint density at radius 3 is 1.28 bits per heavy atom. The normalized spacial score (nSPS) is 16.9. The lowest BCUT2D eigenvalue weighted by Gasteiger charge is -2.32. The number of aromatic nitrogens is 10. The number of nitrogens with zero attached hydrogens (tertiary/aromatic N) is 14. The molecule has 22 nitrogen and oxygen atoms in total. The number of amides is 2. The Morgan fingerprint density at radius 1 is 0.526 bits per heavy atom. The average Bonchev–Trinajstić information content (AvgIpc) is 4.15. The van der Waals surface area contributed by atoms with Crippen LogP contribution in [0.3, 0.4) is 0 Å². The second-order valence-electron chi connectivity index (χ2n) is 19.7. The van der Waals surface area contributed by atoms with E-state index in [9.17, 15) is 9.59 Å². The molecule has 404 valence electrons. The lowest BCUT2D eigenvalue weighted by molar-refractivity contribution is 0.122. The molecule has 6 aromatic heterocycles. The zero-order chi connectivity index (χ0) is 53.2. The molecule has 4 aliphatic rings. The zero-order valence-corrected chi connectivity index (χ0v) is 44.0. The van der Waals surface area contributed by atoms with E-state index in [0.717, 1.165) is 136 Å². The van der Waals surface area contributed by atoms with Gasteiger partial charge in [-0.15, -0.1) is 0 Å². The topological polar surface area (TPSA) is 221 Å². The number of ether oxygens (including phenoxy) is 4. The number of piperidine rings is 2. The second-order valence-corrected chi connectivity index (χ2v) is 19.7. The van der Waals surface area contributed by atoms with E-state index < -0.39 is 12.2 Å². The molecule has 0 spiro atoms. The van der Waals surface area contributed by atoms with E-state index in [1.54, 1.807) is 0 Å². The summed E-state index contributed by atoms with van der Waals surface area (Å²) >= 11 is 0. The number of hydrogen-bond donors (Lipinski definition) is 2. The molecular formula is C56H64N16O6. The Balaban J connectivity index is 0.000000165. The number of morpholine rings is 2. The Kier molecular flexibility index (Phi) is 16.3. The molecule has 4 fully saturated rings. The molecule has 4 aliphatic heterocycles. The summed E-state index contributed by atoms with van der Waals surface area (Å²) in [6.07, 6.45) is 14.3. The van der Waals surface area contributed by atoms with Crippen LogP contribution in [0.1, 0.15) is 48.9 Å². The van der Waals surface area contributed by atoms with Gasteiger partial charge in [-0.3, -0.25) is 30.4 Å². The van der Waals surface area contributed by atoms with E-state index in [-0.39, 0.29) is 12.1 Å². The number of pyridine rings is 2. The van der Waals surface area contributed by atoms with Crippen LogP contribution in [0.25, 0.3) is 44.8 Å². The van der Waals surface area contributed by atoms with E-state index in [1.807, 2.05) is 97.8 Å². The number of benzene rings is 2.